The van der Waals surface area contributed by atoms with E-state index < -0.39 is 11.8 Å². The van der Waals surface area contributed by atoms with E-state index in [0.29, 0.717) is 11.5 Å². The summed E-state index contributed by atoms with van der Waals surface area (Å²) in [6, 6.07) is 4.74. The van der Waals surface area contributed by atoms with Gasteiger partial charge in [0.1, 0.15) is 11.5 Å². The standard InChI is InChI=1S/C13H12O5/c1-16-9-4-6-12(17-2)10(8-9)11(14)5-7-13(15)18-3/h4,6,8H,1-3H3. The third-order valence-electron chi connectivity index (χ3n) is 2.11. The van der Waals surface area contributed by atoms with Crippen molar-refractivity contribution in [2.24, 2.45) is 0 Å². The largest absolute Gasteiger partial charge is 0.497 e. The van der Waals surface area contributed by atoms with Crippen molar-refractivity contribution in [2.45, 2.75) is 0 Å². The molecule has 0 fully saturated rings. The summed E-state index contributed by atoms with van der Waals surface area (Å²) in [5.41, 5.74) is 0.230. The molecule has 0 aromatic heterocycles. The first kappa shape index (κ1) is 13.6. The number of hydrogen-bond donors (Lipinski definition) is 0. The van der Waals surface area contributed by atoms with Gasteiger partial charge >= 0.3 is 5.97 Å². The van der Waals surface area contributed by atoms with E-state index in [0.717, 1.165) is 0 Å². The number of carbonyl (C=O) groups excluding carboxylic acids is 2. The molecule has 1 aromatic carbocycles. The monoisotopic (exact) mass is 248 g/mol. The molecule has 0 aliphatic rings. The Kier molecular flexibility index (Phi) is 4.76. The Morgan fingerprint density at radius 1 is 1.06 bits per heavy atom. The van der Waals surface area contributed by atoms with Gasteiger partial charge in [0.05, 0.1) is 26.9 Å². The van der Waals surface area contributed by atoms with Crippen LogP contribution in [0.1, 0.15) is 10.4 Å². The number of esters is 1. The summed E-state index contributed by atoms with van der Waals surface area (Å²) in [6.07, 6.45) is 0. The lowest BCUT2D eigenvalue weighted by Crippen LogP contribution is -2.02. The summed E-state index contributed by atoms with van der Waals surface area (Å²) in [4.78, 5) is 22.6. The summed E-state index contributed by atoms with van der Waals surface area (Å²) in [7, 11) is 4.11. The maximum absolute atomic E-state index is 11.8. The highest BCUT2D eigenvalue weighted by molar-refractivity contribution is 6.13. The quantitative estimate of drug-likeness (QED) is 0.263. The van der Waals surface area contributed by atoms with Crippen LogP contribution in [-0.4, -0.2) is 33.1 Å². The average molecular weight is 248 g/mol. The number of ketones is 1. The molecule has 0 N–H and O–H groups in total. The summed E-state index contributed by atoms with van der Waals surface area (Å²) in [5, 5.41) is 0. The van der Waals surface area contributed by atoms with Crippen LogP contribution in [0.2, 0.25) is 0 Å². The molecule has 0 heterocycles. The highest BCUT2D eigenvalue weighted by Gasteiger charge is 2.11. The predicted octanol–water partition coefficient (Wildman–Crippen LogP) is 1.06. The van der Waals surface area contributed by atoms with Crippen LogP contribution < -0.4 is 9.47 Å². The molecule has 1 rings (SSSR count). The molecule has 5 heteroatoms. The summed E-state index contributed by atoms with van der Waals surface area (Å²) in [5.74, 6) is 3.78. The van der Waals surface area contributed by atoms with Crippen LogP contribution in [0.4, 0.5) is 0 Å². The molecule has 0 saturated carbocycles. The van der Waals surface area contributed by atoms with Crippen molar-refractivity contribution >= 4 is 11.8 Å². The SMILES string of the molecule is COC(=O)C#CC(=O)c1cc(OC)ccc1OC. The number of methoxy groups -OCH3 is 3. The molecule has 1 aromatic rings. The van der Waals surface area contributed by atoms with Gasteiger partial charge in [0.25, 0.3) is 0 Å². The summed E-state index contributed by atoms with van der Waals surface area (Å²) < 4.78 is 14.4. The maximum atomic E-state index is 11.8. The number of Topliss-reactive ketones (excluding diaryl/α,β-unsaturated/α-hetero) is 1. The number of carbonyl (C=O) groups is 2. The first-order valence-electron chi connectivity index (χ1n) is 4.98. The lowest BCUT2D eigenvalue weighted by Gasteiger charge is -2.06. The van der Waals surface area contributed by atoms with E-state index in [4.69, 9.17) is 9.47 Å². The zero-order chi connectivity index (χ0) is 13.5. The van der Waals surface area contributed by atoms with Crippen molar-refractivity contribution in [1.82, 2.24) is 0 Å². The van der Waals surface area contributed by atoms with Gasteiger partial charge in [-0.2, -0.15) is 0 Å². The topological polar surface area (TPSA) is 61.8 Å². The fourth-order valence-corrected chi connectivity index (χ4v) is 1.22. The number of ether oxygens (including phenoxy) is 3. The third-order valence-corrected chi connectivity index (χ3v) is 2.11. The van der Waals surface area contributed by atoms with Crippen LogP contribution in [0.25, 0.3) is 0 Å². The molecule has 0 spiro atoms. The zero-order valence-corrected chi connectivity index (χ0v) is 10.3. The second-order valence-corrected chi connectivity index (χ2v) is 3.14. The molecule has 0 saturated heterocycles. The Hall–Kier alpha value is -2.48. The Morgan fingerprint density at radius 3 is 2.33 bits per heavy atom. The smallest absolute Gasteiger partial charge is 0.384 e. The normalized spacial score (nSPS) is 8.83. The molecule has 0 amide bonds. The maximum Gasteiger partial charge on any atom is 0.384 e. The number of rotatable bonds is 3. The highest BCUT2D eigenvalue weighted by Crippen LogP contribution is 2.24. The van der Waals surface area contributed by atoms with E-state index in [9.17, 15) is 9.59 Å². The fraction of sp³-hybridized carbons (Fsp3) is 0.231. The van der Waals surface area contributed by atoms with Crippen molar-refractivity contribution < 1.29 is 23.8 Å². The van der Waals surface area contributed by atoms with Gasteiger partial charge in [-0.15, -0.1) is 0 Å². The first-order chi connectivity index (χ1) is 8.62. The molecule has 0 aliphatic heterocycles. The Morgan fingerprint density at radius 2 is 1.78 bits per heavy atom. The van der Waals surface area contributed by atoms with Crippen LogP contribution in [0.5, 0.6) is 11.5 Å². The van der Waals surface area contributed by atoms with Crippen molar-refractivity contribution in [1.29, 1.82) is 0 Å². The van der Waals surface area contributed by atoms with E-state index >= 15 is 0 Å². The van der Waals surface area contributed by atoms with E-state index in [2.05, 4.69) is 16.6 Å². The lowest BCUT2D eigenvalue weighted by molar-refractivity contribution is -0.133. The number of benzene rings is 1. The van der Waals surface area contributed by atoms with Crippen LogP contribution in [-0.2, 0) is 9.53 Å². The summed E-state index contributed by atoms with van der Waals surface area (Å²) in [6.45, 7) is 0. The van der Waals surface area contributed by atoms with Crippen molar-refractivity contribution in [2.75, 3.05) is 21.3 Å². The van der Waals surface area contributed by atoms with Crippen LogP contribution in [0.15, 0.2) is 18.2 Å². The van der Waals surface area contributed by atoms with E-state index in [1.807, 2.05) is 0 Å². The van der Waals surface area contributed by atoms with E-state index in [-0.39, 0.29) is 5.56 Å². The summed E-state index contributed by atoms with van der Waals surface area (Å²) >= 11 is 0. The van der Waals surface area contributed by atoms with Crippen molar-refractivity contribution in [3.63, 3.8) is 0 Å². The van der Waals surface area contributed by atoms with Gasteiger partial charge in [-0.25, -0.2) is 4.79 Å². The minimum atomic E-state index is -0.773. The second kappa shape index (κ2) is 6.30. The van der Waals surface area contributed by atoms with Gasteiger partial charge < -0.3 is 14.2 Å². The fourth-order valence-electron chi connectivity index (χ4n) is 1.22. The van der Waals surface area contributed by atoms with Gasteiger partial charge in [-0.3, -0.25) is 4.79 Å². The van der Waals surface area contributed by atoms with Gasteiger partial charge in [0, 0.05) is 5.92 Å². The molecule has 94 valence electrons. The van der Waals surface area contributed by atoms with Gasteiger partial charge in [-0.1, -0.05) is 0 Å². The van der Waals surface area contributed by atoms with Crippen LogP contribution >= 0.6 is 0 Å². The van der Waals surface area contributed by atoms with Crippen LogP contribution in [0.3, 0.4) is 0 Å². The second-order valence-electron chi connectivity index (χ2n) is 3.14. The highest BCUT2D eigenvalue weighted by atomic mass is 16.5. The first-order valence-corrected chi connectivity index (χ1v) is 4.98. The van der Waals surface area contributed by atoms with Gasteiger partial charge in [-0.05, 0) is 24.1 Å². The molecule has 0 bridgehead atoms. The van der Waals surface area contributed by atoms with Crippen LogP contribution in [0, 0.1) is 11.8 Å². The van der Waals surface area contributed by atoms with Crippen molar-refractivity contribution in [3.8, 4) is 23.3 Å². The molecule has 0 atom stereocenters. The third kappa shape index (κ3) is 3.25. The Labute approximate surface area is 105 Å². The molecule has 5 nitrogen and oxygen atoms in total. The molecular formula is C13H12O5. The minimum absolute atomic E-state index is 0.230. The average Bonchev–Trinajstić information content (AvgIpc) is 2.43. The molecule has 0 aliphatic carbocycles. The minimum Gasteiger partial charge on any atom is -0.497 e. The van der Waals surface area contributed by atoms with Gasteiger partial charge in [0.15, 0.2) is 0 Å². The molecular weight excluding hydrogens is 236 g/mol. The molecule has 0 unspecified atom stereocenters. The molecule has 18 heavy (non-hydrogen) atoms. The Bertz CT molecular complexity index is 522. The number of hydrogen-bond acceptors (Lipinski definition) is 5. The zero-order valence-electron chi connectivity index (χ0n) is 10.3. The van der Waals surface area contributed by atoms with Gasteiger partial charge in [0.2, 0.25) is 5.78 Å². The predicted molar refractivity (Wildman–Crippen MR) is 63.7 cm³/mol. The molecule has 0 radical (unpaired) electrons. The van der Waals surface area contributed by atoms with E-state index in [1.54, 1.807) is 12.1 Å². The lowest BCUT2D eigenvalue weighted by atomic mass is 10.1. The van der Waals surface area contributed by atoms with E-state index in [1.165, 1.54) is 27.4 Å². The Balaban J connectivity index is 3.09. The van der Waals surface area contributed by atoms with Crippen molar-refractivity contribution in [3.05, 3.63) is 23.8 Å².